The summed E-state index contributed by atoms with van der Waals surface area (Å²) < 4.78 is 0. The lowest BCUT2D eigenvalue weighted by Gasteiger charge is -1.99. The van der Waals surface area contributed by atoms with Crippen molar-refractivity contribution in [3.8, 4) is 0 Å². The monoisotopic (exact) mass is 216 g/mol. The zero-order valence-corrected chi connectivity index (χ0v) is 9.83. The Labute approximate surface area is 95.8 Å². The van der Waals surface area contributed by atoms with Gasteiger partial charge in [-0.3, -0.25) is 0 Å². The van der Waals surface area contributed by atoms with E-state index in [-0.39, 0.29) is 0 Å². The van der Waals surface area contributed by atoms with Gasteiger partial charge in [-0.05, 0) is 25.0 Å². The van der Waals surface area contributed by atoms with Gasteiger partial charge >= 0.3 is 0 Å². The highest BCUT2D eigenvalue weighted by Crippen LogP contribution is 2.07. The second kappa shape index (κ2) is 6.61. The molecular weight excluding hydrogens is 200 g/mol. The van der Waals surface area contributed by atoms with Gasteiger partial charge in [0.1, 0.15) is 12.7 Å². The fourth-order valence-corrected chi connectivity index (χ4v) is 0.999. The first-order valence-corrected chi connectivity index (χ1v) is 5.18. The van der Waals surface area contributed by atoms with Gasteiger partial charge in [0, 0.05) is 23.8 Å². The van der Waals surface area contributed by atoms with Crippen LogP contribution in [0.1, 0.15) is 31.2 Å². The maximum Gasteiger partial charge on any atom is 0.115 e. The highest BCUT2D eigenvalue weighted by molar-refractivity contribution is 5.02. The first-order chi connectivity index (χ1) is 7.70. The van der Waals surface area contributed by atoms with Crippen molar-refractivity contribution in [1.29, 1.82) is 0 Å². The summed E-state index contributed by atoms with van der Waals surface area (Å²) >= 11 is 0. The molecular formula is C12H16N4. The number of aromatic nitrogens is 4. The topological polar surface area (TPSA) is 51.6 Å². The lowest BCUT2D eigenvalue weighted by molar-refractivity contribution is 0.814. The predicted octanol–water partition coefficient (Wildman–Crippen LogP) is 2.39. The van der Waals surface area contributed by atoms with E-state index in [1.807, 2.05) is 19.1 Å². The number of rotatable bonds is 1. The Morgan fingerprint density at radius 2 is 1.56 bits per heavy atom. The smallest absolute Gasteiger partial charge is 0.115 e. The van der Waals surface area contributed by atoms with E-state index in [1.165, 1.54) is 6.33 Å². The van der Waals surface area contributed by atoms with Gasteiger partial charge in [-0.1, -0.05) is 13.8 Å². The van der Waals surface area contributed by atoms with E-state index in [9.17, 15) is 0 Å². The molecule has 0 radical (unpaired) electrons. The van der Waals surface area contributed by atoms with Gasteiger partial charge in [0.2, 0.25) is 0 Å². The molecule has 0 unspecified atom stereocenters. The molecule has 0 saturated heterocycles. The summed E-state index contributed by atoms with van der Waals surface area (Å²) in [5.74, 6) is 0.507. The molecule has 0 aliphatic rings. The van der Waals surface area contributed by atoms with Crippen LogP contribution in [-0.2, 0) is 0 Å². The van der Waals surface area contributed by atoms with Crippen LogP contribution in [0.5, 0.6) is 0 Å². The number of aryl methyl sites for hydroxylation is 1. The second-order valence-corrected chi connectivity index (χ2v) is 3.64. The van der Waals surface area contributed by atoms with Crippen LogP contribution >= 0.6 is 0 Å². The quantitative estimate of drug-likeness (QED) is 0.734. The van der Waals surface area contributed by atoms with Gasteiger partial charge in [-0.2, -0.15) is 0 Å². The highest BCUT2D eigenvalue weighted by Gasteiger charge is 1.95. The minimum atomic E-state index is 0.507. The van der Waals surface area contributed by atoms with Gasteiger partial charge in [0.05, 0.1) is 0 Å². The lowest BCUT2D eigenvalue weighted by Crippen LogP contribution is -1.90. The number of hydrogen-bond donors (Lipinski definition) is 0. The van der Waals surface area contributed by atoms with Gasteiger partial charge in [-0.25, -0.2) is 19.9 Å². The summed E-state index contributed by atoms with van der Waals surface area (Å²) in [6.45, 7) is 6.16. The number of nitrogens with zero attached hydrogens (tertiary/aromatic N) is 4. The third kappa shape index (κ3) is 4.59. The number of hydrogen-bond acceptors (Lipinski definition) is 4. The molecule has 0 bridgehead atoms. The molecule has 0 atom stereocenters. The van der Waals surface area contributed by atoms with Crippen LogP contribution in [0.25, 0.3) is 0 Å². The van der Waals surface area contributed by atoms with E-state index in [1.54, 1.807) is 18.7 Å². The van der Waals surface area contributed by atoms with Crippen molar-refractivity contribution in [3.63, 3.8) is 0 Å². The largest absolute Gasteiger partial charge is 0.245 e. The molecule has 0 fully saturated rings. The van der Waals surface area contributed by atoms with E-state index < -0.39 is 0 Å². The minimum absolute atomic E-state index is 0.507. The molecule has 2 aromatic rings. The fourth-order valence-electron chi connectivity index (χ4n) is 0.999. The van der Waals surface area contributed by atoms with Crippen molar-refractivity contribution in [1.82, 2.24) is 19.9 Å². The summed E-state index contributed by atoms with van der Waals surface area (Å²) in [5, 5.41) is 0. The van der Waals surface area contributed by atoms with Crippen molar-refractivity contribution in [3.05, 3.63) is 48.6 Å². The van der Waals surface area contributed by atoms with Crippen molar-refractivity contribution in [2.24, 2.45) is 0 Å². The molecule has 4 heteroatoms. The van der Waals surface area contributed by atoms with Crippen LogP contribution < -0.4 is 0 Å². The van der Waals surface area contributed by atoms with Crippen LogP contribution in [-0.4, -0.2) is 19.9 Å². The second-order valence-electron chi connectivity index (χ2n) is 3.64. The van der Waals surface area contributed by atoms with Gasteiger partial charge in [0.25, 0.3) is 0 Å². The molecule has 0 aliphatic heterocycles. The molecule has 2 aromatic heterocycles. The Morgan fingerprint density at radius 3 is 1.81 bits per heavy atom. The van der Waals surface area contributed by atoms with E-state index >= 15 is 0 Å². The molecule has 0 saturated carbocycles. The average molecular weight is 216 g/mol. The van der Waals surface area contributed by atoms with E-state index in [2.05, 4.69) is 33.8 Å². The molecule has 4 nitrogen and oxygen atoms in total. The first kappa shape index (κ1) is 12.2. The first-order valence-electron chi connectivity index (χ1n) is 5.18. The summed E-state index contributed by atoms with van der Waals surface area (Å²) in [5.41, 5.74) is 2.11. The van der Waals surface area contributed by atoms with Gasteiger partial charge < -0.3 is 0 Å². The van der Waals surface area contributed by atoms with Crippen molar-refractivity contribution < 1.29 is 0 Å². The maximum atomic E-state index is 4.07. The van der Waals surface area contributed by atoms with Crippen LogP contribution in [0.3, 0.4) is 0 Å². The van der Waals surface area contributed by atoms with E-state index in [4.69, 9.17) is 0 Å². The predicted molar refractivity (Wildman–Crippen MR) is 62.9 cm³/mol. The molecule has 0 aliphatic carbocycles. The van der Waals surface area contributed by atoms with Gasteiger partial charge in [-0.15, -0.1) is 0 Å². The zero-order valence-electron chi connectivity index (χ0n) is 9.83. The molecule has 0 N–H and O–H groups in total. The van der Waals surface area contributed by atoms with Crippen molar-refractivity contribution in [2.45, 2.75) is 26.7 Å². The Kier molecular flexibility index (Phi) is 5.05. The van der Waals surface area contributed by atoms with E-state index in [0.717, 1.165) is 11.4 Å². The zero-order chi connectivity index (χ0) is 11.8. The van der Waals surface area contributed by atoms with Crippen LogP contribution in [0.15, 0.2) is 37.2 Å². The molecule has 16 heavy (non-hydrogen) atoms. The summed E-state index contributed by atoms with van der Waals surface area (Å²) in [6.07, 6.45) is 6.61. The van der Waals surface area contributed by atoms with E-state index in [0.29, 0.717) is 5.92 Å². The molecule has 0 aromatic carbocycles. The Balaban J connectivity index is 0.000000165. The van der Waals surface area contributed by atoms with Gasteiger partial charge in [0.15, 0.2) is 0 Å². The Morgan fingerprint density at radius 1 is 0.938 bits per heavy atom. The Bertz CT molecular complexity index is 386. The molecule has 2 heterocycles. The standard InChI is InChI=1S/C7H10N2.C5H6N2/c1-6(2)7-3-4-8-5-9-7;1-5-2-3-6-4-7-5/h3-6H,1-2H3;2-4H,1H3. The maximum absolute atomic E-state index is 4.07. The lowest BCUT2D eigenvalue weighted by atomic mass is 10.1. The van der Waals surface area contributed by atoms with Crippen molar-refractivity contribution in [2.75, 3.05) is 0 Å². The minimum Gasteiger partial charge on any atom is -0.245 e. The summed E-state index contributed by atoms with van der Waals surface area (Å²) in [6, 6.07) is 3.80. The average Bonchev–Trinajstić information content (AvgIpc) is 2.32. The molecule has 0 amide bonds. The molecule has 84 valence electrons. The third-order valence-corrected chi connectivity index (χ3v) is 1.93. The highest BCUT2D eigenvalue weighted by atomic mass is 14.8. The van der Waals surface area contributed by atoms with Crippen LogP contribution in [0.4, 0.5) is 0 Å². The molecule has 2 rings (SSSR count). The third-order valence-electron chi connectivity index (χ3n) is 1.93. The van der Waals surface area contributed by atoms with Crippen molar-refractivity contribution >= 4 is 0 Å². The summed E-state index contributed by atoms with van der Waals surface area (Å²) in [4.78, 5) is 15.5. The normalized spacial score (nSPS) is 9.50. The van der Waals surface area contributed by atoms with Crippen LogP contribution in [0, 0.1) is 6.92 Å². The molecule has 0 spiro atoms. The fraction of sp³-hybridized carbons (Fsp3) is 0.333. The summed E-state index contributed by atoms with van der Waals surface area (Å²) in [7, 11) is 0. The Hall–Kier alpha value is -1.84. The SMILES string of the molecule is CC(C)c1ccncn1.Cc1ccncn1. The van der Waals surface area contributed by atoms with Crippen LogP contribution in [0.2, 0.25) is 0 Å².